The maximum Gasteiger partial charge on any atom is 0.337 e. The molecule has 0 spiro atoms. The number of carbonyl (C=O) groups is 1. The Morgan fingerprint density at radius 1 is 1.35 bits per heavy atom. The van der Waals surface area contributed by atoms with Gasteiger partial charge < -0.3 is 10.5 Å². The van der Waals surface area contributed by atoms with Crippen molar-refractivity contribution in [1.82, 2.24) is 4.31 Å². The number of nitrogens with zero attached hydrogens (tertiary/aromatic N) is 1. The van der Waals surface area contributed by atoms with Gasteiger partial charge in [0.15, 0.2) is 0 Å². The van der Waals surface area contributed by atoms with Crippen LogP contribution in [0, 0.1) is 5.41 Å². The van der Waals surface area contributed by atoms with Crippen molar-refractivity contribution < 1.29 is 17.9 Å². The molecule has 0 unspecified atom stereocenters. The molecule has 0 atom stereocenters. The van der Waals surface area contributed by atoms with Gasteiger partial charge in [0, 0.05) is 13.6 Å². The van der Waals surface area contributed by atoms with Gasteiger partial charge in [-0.2, -0.15) is 0 Å². The summed E-state index contributed by atoms with van der Waals surface area (Å²) in [5.74, 6) is -0.661. The molecule has 0 fully saturated rings. The first kappa shape index (κ1) is 21.9. The molecule has 0 aliphatic carbocycles. The Balaban J connectivity index is 0.00000484. The van der Waals surface area contributed by atoms with Gasteiger partial charge in [-0.15, -0.1) is 12.4 Å². The van der Waals surface area contributed by atoms with Crippen molar-refractivity contribution in [2.75, 3.05) is 27.2 Å². The number of benzene rings is 1. The summed E-state index contributed by atoms with van der Waals surface area (Å²) in [4.78, 5) is 11.5. The Kier molecular flexibility index (Phi) is 8.20. The molecule has 0 saturated carbocycles. The van der Waals surface area contributed by atoms with Crippen molar-refractivity contribution in [3.8, 4) is 0 Å². The largest absolute Gasteiger partial charge is 0.465 e. The molecule has 0 saturated heterocycles. The molecular weight excluding hydrogens is 340 g/mol. The van der Waals surface area contributed by atoms with Crippen LogP contribution >= 0.6 is 12.4 Å². The number of carbonyl (C=O) groups excluding carboxylic acids is 1. The van der Waals surface area contributed by atoms with Crippen LogP contribution in [0.1, 0.15) is 29.8 Å². The molecule has 0 aromatic heterocycles. The Hall–Kier alpha value is -1.15. The fraction of sp³-hybridized carbons (Fsp3) is 0.533. The SMILES string of the molecule is COC(=O)c1cccc(CS(=O)(=O)N(C)CC(C)(C)CN)c1.Cl. The van der Waals surface area contributed by atoms with Crippen LogP contribution in [0.3, 0.4) is 0 Å². The zero-order chi connectivity index (χ0) is 17.0. The zero-order valence-corrected chi connectivity index (χ0v) is 15.5. The summed E-state index contributed by atoms with van der Waals surface area (Å²) >= 11 is 0. The van der Waals surface area contributed by atoms with Gasteiger partial charge in [0.1, 0.15) is 0 Å². The standard InChI is InChI=1S/C15H24N2O4S.ClH/c1-15(2,10-16)11-17(3)22(19,20)9-12-6-5-7-13(8-12)14(18)21-4;/h5-8H,9-11,16H2,1-4H3;1H. The lowest BCUT2D eigenvalue weighted by atomic mass is 9.94. The van der Waals surface area contributed by atoms with Gasteiger partial charge in [-0.1, -0.05) is 26.0 Å². The number of methoxy groups -OCH3 is 1. The van der Waals surface area contributed by atoms with Gasteiger partial charge in [0.25, 0.3) is 0 Å². The second-order valence-corrected chi connectivity index (χ2v) is 8.15. The Morgan fingerprint density at radius 3 is 2.48 bits per heavy atom. The van der Waals surface area contributed by atoms with Crippen LogP contribution in [0.25, 0.3) is 0 Å². The molecule has 1 aromatic carbocycles. The molecule has 0 bridgehead atoms. The minimum absolute atomic E-state index is 0. The fourth-order valence-electron chi connectivity index (χ4n) is 1.99. The fourth-order valence-corrected chi connectivity index (χ4v) is 3.36. The van der Waals surface area contributed by atoms with Crippen molar-refractivity contribution in [3.63, 3.8) is 0 Å². The van der Waals surface area contributed by atoms with Gasteiger partial charge in [-0.05, 0) is 29.7 Å². The van der Waals surface area contributed by atoms with E-state index in [-0.39, 0.29) is 23.6 Å². The highest BCUT2D eigenvalue weighted by Gasteiger charge is 2.26. The summed E-state index contributed by atoms with van der Waals surface area (Å²) in [7, 11) is -0.655. The van der Waals surface area contributed by atoms with Crippen molar-refractivity contribution >= 4 is 28.4 Å². The first-order valence-corrected chi connectivity index (χ1v) is 8.53. The van der Waals surface area contributed by atoms with E-state index in [4.69, 9.17) is 5.73 Å². The molecule has 0 heterocycles. The number of ether oxygens (including phenoxy) is 1. The highest BCUT2D eigenvalue weighted by Crippen LogP contribution is 2.18. The minimum Gasteiger partial charge on any atom is -0.465 e. The molecule has 1 rings (SSSR count). The monoisotopic (exact) mass is 364 g/mol. The van der Waals surface area contributed by atoms with Gasteiger partial charge in [0.2, 0.25) is 10.0 Å². The average molecular weight is 365 g/mol. The highest BCUT2D eigenvalue weighted by atomic mass is 35.5. The normalized spacial score (nSPS) is 11.9. The number of nitrogens with two attached hydrogens (primary N) is 1. The number of hydrogen-bond acceptors (Lipinski definition) is 5. The molecule has 6 nitrogen and oxygen atoms in total. The lowest BCUT2D eigenvalue weighted by molar-refractivity contribution is 0.0600. The average Bonchev–Trinajstić information content (AvgIpc) is 2.45. The Labute approximate surface area is 144 Å². The maximum absolute atomic E-state index is 12.4. The lowest BCUT2D eigenvalue weighted by Gasteiger charge is -2.28. The van der Waals surface area contributed by atoms with Crippen LogP contribution in [-0.4, -0.2) is 45.9 Å². The van der Waals surface area contributed by atoms with E-state index in [9.17, 15) is 13.2 Å². The first-order valence-electron chi connectivity index (χ1n) is 6.92. The Morgan fingerprint density at radius 2 is 1.96 bits per heavy atom. The predicted molar refractivity (Wildman–Crippen MR) is 93.1 cm³/mol. The summed E-state index contributed by atoms with van der Waals surface area (Å²) in [5, 5.41) is 0. The number of esters is 1. The minimum atomic E-state index is -3.48. The van der Waals surface area contributed by atoms with E-state index in [1.54, 1.807) is 18.2 Å². The molecule has 2 N–H and O–H groups in total. The third-order valence-corrected chi connectivity index (χ3v) is 5.15. The summed E-state index contributed by atoms with van der Waals surface area (Å²) in [6.07, 6.45) is 0. The van der Waals surface area contributed by atoms with Crippen LogP contribution in [0.4, 0.5) is 0 Å². The van der Waals surface area contributed by atoms with Crippen LogP contribution in [0.15, 0.2) is 24.3 Å². The number of hydrogen-bond donors (Lipinski definition) is 1. The Bertz CT molecular complexity index is 632. The maximum atomic E-state index is 12.4. The van der Waals surface area contributed by atoms with Crippen LogP contribution < -0.4 is 5.73 Å². The molecule has 132 valence electrons. The van der Waals surface area contributed by atoms with Crippen LogP contribution in [0.5, 0.6) is 0 Å². The lowest BCUT2D eigenvalue weighted by Crippen LogP contribution is -2.40. The molecule has 1 aromatic rings. The van der Waals surface area contributed by atoms with E-state index in [1.807, 2.05) is 13.8 Å². The molecule has 0 radical (unpaired) electrons. The van der Waals surface area contributed by atoms with E-state index in [1.165, 1.54) is 24.5 Å². The summed E-state index contributed by atoms with van der Waals surface area (Å²) in [5.41, 5.74) is 6.23. The van der Waals surface area contributed by atoms with Crippen molar-refractivity contribution in [2.45, 2.75) is 19.6 Å². The van der Waals surface area contributed by atoms with E-state index in [0.717, 1.165) is 0 Å². The molecule has 0 amide bonds. The van der Waals surface area contributed by atoms with E-state index >= 15 is 0 Å². The number of sulfonamides is 1. The van der Waals surface area contributed by atoms with Crippen molar-refractivity contribution in [3.05, 3.63) is 35.4 Å². The summed E-state index contributed by atoms with van der Waals surface area (Å²) < 4.78 is 30.8. The smallest absolute Gasteiger partial charge is 0.337 e. The van der Waals surface area contributed by atoms with Gasteiger partial charge in [-0.3, -0.25) is 0 Å². The van der Waals surface area contributed by atoms with Crippen molar-refractivity contribution in [1.29, 1.82) is 0 Å². The first-order chi connectivity index (χ1) is 10.1. The number of rotatable bonds is 7. The van der Waals surface area contributed by atoms with Gasteiger partial charge in [0.05, 0.1) is 18.4 Å². The topological polar surface area (TPSA) is 89.7 Å². The summed E-state index contributed by atoms with van der Waals surface area (Å²) in [6.45, 7) is 4.56. The van der Waals surface area contributed by atoms with Gasteiger partial charge in [-0.25, -0.2) is 17.5 Å². The predicted octanol–water partition coefficient (Wildman–Crippen LogP) is 1.64. The molecule has 0 aliphatic rings. The molecule has 23 heavy (non-hydrogen) atoms. The van der Waals surface area contributed by atoms with Crippen molar-refractivity contribution in [2.24, 2.45) is 11.1 Å². The molecule has 8 heteroatoms. The van der Waals surface area contributed by atoms with Crippen LogP contribution in [0.2, 0.25) is 0 Å². The van der Waals surface area contributed by atoms with E-state index < -0.39 is 16.0 Å². The third-order valence-electron chi connectivity index (χ3n) is 3.38. The number of halogens is 1. The quantitative estimate of drug-likeness (QED) is 0.743. The summed E-state index contributed by atoms with van der Waals surface area (Å²) in [6, 6.07) is 6.43. The van der Waals surface area contributed by atoms with Crippen LogP contribution in [-0.2, 0) is 20.5 Å². The van der Waals surface area contributed by atoms with Gasteiger partial charge >= 0.3 is 5.97 Å². The molecular formula is C15H25ClN2O4S. The zero-order valence-electron chi connectivity index (χ0n) is 13.9. The van der Waals surface area contributed by atoms with E-state index in [0.29, 0.717) is 24.2 Å². The highest BCUT2D eigenvalue weighted by molar-refractivity contribution is 7.88. The second kappa shape index (κ2) is 8.63. The molecule has 0 aliphatic heterocycles. The van der Waals surface area contributed by atoms with E-state index in [2.05, 4.69) is 4.74 Å². The third kappa shape index (κ3) is 6.47. The second-order valence-electron chi connectivity index (χ2n) is 6.07.